The number of likely N-dealkylation sites (N-methyl/N-ethyl adjacent to an activating group) is 1. The number of hydrogen-bond acceptors (Lipinski definition) is 4. The molecule has 1 aromatic rings. The van der Waals surface area contributed by atoms with Crippen LogP contribution in [0.5, 0.6) is 11.5 Å². The summed E-state index contributed by atoms with van der Waals surface area (Å²) >= 11 is 0. The van der Waals surface area contributed by atoms with E-state index in [-0.39, 0.29) is 11.5 Å². The Kier molecular flexibility index (Phi) is 5.12. The third kappa shape index (κ3) is 3.48. The topological polar surface area (TPSA) is 47.7 Å². The number of nitrogens with two attached hydrogens (primary N) is 1. The van der Waals surface area contributed by atoms with Crippen molar-refractivity contribution in [2.45, 2.75) is 50.0 Å². The molecular formula is C19H30N2O2. The molecule has 0 bridgehead atoms. The summed E-state index contributed by atoms with van der Waals surface area (Å²) in [7, 11) is 3.87. The van der Waals surface area contributed by atoms with Crippen molar-refractivity contribution in [3.63, 3.8) is 0 Å². The zero-order valence-corrected chi connectivity index (χ0v) is 14.5. The van der Waals surface area contributed by atoms with Crippen molar-refractivity contribution in [2.75, 3.05) is 33.8 Å². The fraction of sp³-hybridized carbons (Fsp3) is 0.684. The van der Waals surface area contributed by atoms with Crippen LogP contribution in [-0.4, -0.2) is 44.8 Å². The Balaban J connectivity index is 1.84. The van der Waals surface area contributed by atoms with E-state index in [9.17, 15) is 0 Å². The molecule has 1 aliphatic heterocycles. The van der Waals surface area contributed by atoms with E-state index in [0.29, 0.717) is 6.54 Å². The number of piperidine rings is 1. The molecule has 128 valence electrons. The lowest BCUT2D eigenvalue weighted by Gasteiger charge is -2.32. The van der Waals surface area contributed by atoms with Gasteiger partial charge in [0.2, 0.25) is 0 Å². The summed E-state index contributed by atoms with van der Waals surface area (Å²) in [6.45, 7) is 2.85. The predicted octanol–water partition coefficient (Wildman–Crippen LogP) is 2.94. The number of ether oxygens (including phenoxy) is 2. The second-order valence-electron chi connectivity index (χ2n) is 7.20. The van der Waals surface area contributed by atoms with Gasteiger partial charge in [-0.15, -0.1) is 0 Å². The fourth-order valence-corrected chi connectivity index (χ4v) is 4.16. The van der Waals surface area contributed by atoms with Crippen LogP contribution < -0.4 is 15.2 Å². The SMILES string of the molecule is COc1ccc(C2(CN)CCCC2)cc1OC1CCCN(C)C1. The van der Waals surface area contributed by atoms with Gasteiger partial charge in [0.1, 0.15) is 6.10 Å². The van der Waals surface area contributed by atoms with Gasteiger partial charge in [-0.2, -0.15) is 0 Å². The lowest BCUT2D eigenvalue weighted by Crippen LogP contribution is -2.38. The quantitative estimate of drug-likeness (QED) is 0.907. The van der Waals surface area contributed by atoms with E-state index in [0.717, 1.165) is 31.0 Å². The Labute approximate surface area is 139 Å². The normalized spacial score (nSPS) is 24.6. The minimum Gasteiger partial charge on any atom is -0.493 e. The van der Waals surface area contributed by atoms with Crippen molar-refractivity contribution in [2.24, 2.45) is 5.73 Å². The van der Waals surface area contributed by atoms with Crippen LogP contribution in [0.3, 0.4) is 0 Å². The summed E-state index contributed by atoms with van der Waals surface area (Å²) in [6.07, 6.45) is 7.45. The molecule has 1 unspecified atom stereocenters. The number of methoxy groups -OCH3 is 1. The lowest BCUT2D eigenvalue weighted by molar-refractivity contribution is 0.101. The lowest BCUT2D eigenvalue weighted by atomic mass is 9.79. The Morgan fingerprint density at radius 2 is 2.00 bits per heavy atom. The van der Waals surface area contributed by atoms with Crippen LogP contribution in [0.15, 0.2) is 18.2 Å². The molecule has 23 heavy (non-hydrogen) atoms. The van der Waals surface area contributed by atoms with Crippen LogP contribution in [0.4, 0.5) is 0 Å². The average Bonchev–Trinajstić information content (AvgIpc) is 3.05. The highest BCUT2D eigenvalue weighted by Gasteiger charge is 2.35. The molecular weight excluding hydrogens is 288 g/mol. The molecule has 0 amide bonds. The van der Waals surface area contributed by atoms with Gasteiger partial charge in [-0.1, -0.05) is 18.9 Å². The monoisotopic (exact) mass is 318 g/mol. The highest BCUT2D eigenvalue weighted by Crippen LogP contribution is 2.43. The Morgan fingerprint density at radius 3 is 2.65 bits per heavy atom. The molecule has 2 N–H and O–H groups in total. The van der Waals surface area contributed by atoms with E-state index in [2.05, 4.69) is 24.1 Å². The van der Waals surface area contributed by atoms with E-state index >= 15 is 0 Å². The molecule has 1 aromatic carbocycles. The second-order valence-corrected chi connectivity index (χ2v) is 7.20. The van der Waals surface area contributed by atoms with Crippen molar-refractivity contribution >= 4 is 0 Å². The Hall–Kier alpha value is -1.26. The number of rotatable bonds is 5. The highest BCUT2D eigenvalue weighted by molar-refractivity contribution is 5.46. The molecule has 0 radical (unpaired) electrons. The van der Waals surface area contributed by atoms with Crippen LogP contribution in [0.2, 0.25) is 0 Å². The first-order valence-electron chi connectivity index (χ1n) is 8.91. The zero-order chi connectivity index (χ0) is 16.3. The molecule has 2 aliphatic rings. The molecule has 0 spiro atoms. The van der Waals surface area contributed by atoms with Crippen LogP contribution in [-0.2, 0) is 5.41 Å². The number of benzene rings is 1. The zero-order valence-electron chi connectivity index (χ0n) is 14.5. The second kappa shape index (κ2) is 7.10. The van der Waals surface area contributed by atoms with Gasteiger partial charge in [-0.3, -0.25) is 0 Å². The molecule has 4 nitrogen and oxygen atoms in total. The first kappa shape index (κ1) is 16.6. The van der Waals surface area contributed by atoms with Crippen molar-refractivity contribution in [1.29, 1.82) is 0 Å². The fourth-order valence-electron chi connectivity index (χ4n) is 4.16. The summed E-state index contributed by atoms with van der Waals surface area (Å²) < 4.78 is 11.9. The molecule has 0 aromatic heterocycles. The van der Waals surface area contributed by atoms with E-state index in [1.165, 1.54) is 37.7 Å². The van der Waals surface area contributed by atoms with Gasteiger partial charge in [0.25, 0.3) is 0 Å². The molecule has 4 heteroatoms. The number of hydrogen-bond donors (Lipinski definition) is 1. The summed E-state index contributed by atoms with van der Waals surface area (Å²) in [5.41, 5.74) is 7.59. The number of nitrogens with zero attached hydrogens (tertiary/aromatic N) is 1. The van der Waals surface area contributed by atoms with Crippen LogP contribution >= 0.6 is 0 Å². The first-order chi connectivity index (χ1) is 11.2. The minimum atomic E-state index is 0.133. The maximum Gasteiger partial charge on any atom is 0.161 e. The van der Waals surface area contributed by atoms with Gasteiger partial charge in [0, 0.05) is 18.5 Å². The third-order valence-electron chi connectivity index (χ3n) is 5.60. The maximum absolute atomic E-state index is 6.33. The van der Waals surface area contributed by atoms with E-state index in [1.807, 2.05) is 6.07 Å². The third-order valence-corrected chi connectivity index (χ3v) is 5.60. The Bertz CT molecular complexity index is 526. The van der Waals surface area contributed by atoms with Crippen molar-refractivity contribution in [3.8, 4) is 11.5 Å². The highest BCUT2D eigenvalue weighted by atomic mass is 16.5. The molecule has 1 aliphatic carbocycles. The van der Waals surface area contributed by atoms with Crippen LogP contribution in [0, 0.1) is 0 Å². The Morgan fingerprint density at radius 1 is 1.22 bits per heavy atom. The maximum atomic E-state index is 6.33. The molecule has 1 saturated carbocycles. The summed E-state index contributed by atoms with van der Waals surface area (Å²) in [6, 6.07) is 6.41. The van der Waals surface area contributed by atoms with Crippen LogP contribution in [0.25, 0.3) is 0 Å². The van der Waals surface area contributed by atoms with Gasteiger partial charge in [0.05, 0.1) is 7.11 Å². The van der Waals surface area contributed by atoms with Crippen LogP contribution in [0.1, 0.15) is 44.1 Å². The molecule has 1 atom stereocenters. The molecule has 3 rings (SSSR count). The van der Waals surface area contributed by atoms with E-state index in [4.69, 9.17) is 15.2 Å². The molecule has 2 fully saturated rings. The minimum absolute atomic E-state index is 0.133. The summed E-state index contributed by atoms with van der Waals surface area (Å²) in [5, 5.41) is 0. The van der Waals surface area contributed by atoms with Gasteiger partial charge in [-0.25, -0.2) is 0 Å². The van der Waals surface area contributed by atoms with Gasteiger partial charge < -0.3 is 20.1 Å². The number of likely N-dealkylation sites (tertiary alicyclic amines) is 1. The van der Waals surface area contributed by atoms with Crippen molar-refractivity contribution in [3.05, 3.63) is 23.8 Å². The van der Waals surface area contributed by atoms with E-state index in [1.54, 1.807) is 7.11 Å². The van der Waals surface area contributed by atoms with E-state index < -0.39 is 0 Å². The van der Waals surface area contributed by atoms with Gasteiger partial charge in [0.15, 0.2) is 11.5 Å². The largest absolute Gasteiger partial charge is 0.493 e. The first-order valence-corrected chi connectivity index (χ1v) is 8.91. The van der Waals surface area contributed by atoms with Crippen molar-refractivity contribution < 1.29 is 9.47 Å². The van der Waals surface area contributed by atoms with Crippen molar-refractivity contribution in [1.82, 2.24) is 4.90 Å². The predicted molar refractivity (Wildman–Crippen MR) is 93.3 cm³/mol. The smallest absolute Gasteiger partial charge is 0.161 e. The summed E-state index contributed by atoms with van der Waals surface area (Å²) in [4.78, 5) is 2.34. The molecule has 1 saturated heterocycles. The van der Waals surface area contributed by atoms with Gasteiger partial charge in [-0.05, 0) is 57.0 Å². The molecule has 1 heterocycles. The van der Waals surface area contributed by atoms with Gasteiger partial charge >= 0.3 is 0 Å². The average molecular weight is 318 g/mol. The summed E-state index contributed by atoms with van der Waals surface area (Å²) in [5.74, 6) is 1.71. The standard InChI is InChI=1S/C19H30N2O2/c1-21-11-5-6-16(13-21)23-18-12-15(7-8-17(18)22-2)19(14-20)9-3-4-10-19/h7-8,12,16H,3-6,9-11,13-14,20H2,1-2H3.